The van der Waals surface area contributed by atoms with Crippen LogP contribution in [0.4, 0.5) is 4.39 Å². The second-order valence-electron chi connectivity index (χ2n) is 6.91. The first-order chi connectivity index (χ1) is 13.7. The lowest BCUT2D eigenvalue weighted by Crippen LogP contribution is -2.48. The Balaban J connectivity index is 1.21. The van der Waals surface area contributed by atoms with E-state index in [1.54, 1.807) is 23.9 Å². The predicted octanol–water partition coefficient (Wildman–Crippen LogP) is 3.30. The average Bonchev–Trinajstić information content (AvgIpc) is 3.12. The van der Waals surface area contributed by atoms with Gasteiger partial charge in [-0.1, -0.05) is 6.07 Å². The monoisotopic (exact) mass is 398 g/mol. The molecular weight excluding hydrogens is 375 g/mol. The van der Waals surface area contributed by atoms with Crippen LogP contribution in [0.2, 0.25) is 0 Å². The van der Waals surface area contributed by atoms with Crippen LogP contribution in [0, 0.1) is 5.82 Å². The summed E-state index contributed by atoms with van der Waals surface area (Å²) in [5, 5.41) is 0. The van der Waals surface area contributed by atoms with Crippen LogP contribution in [0.15, 0.2) is 59.8 Å². The Morgan fingerprint density at radius 3 is 2.61 bits per heavy atom. The lowest BCUT2D eigenvalue weighted by Gasteiger charge is -2.34. The van der Waals surface area contributed by atoms with Crippen molar-refractivity contribution >= 4 is 23.3 Å². The molecule has 3 heterocycles. The number of carbonyl (C=O) groups excluding carboxylic acids is 1. The van der Waals surface area contributed by atoms with Crippen molar-refractivity contribution in [3.63, 3.8) is 0 Å². The van der Waals surface area contributed by atoms with E-state index in [-0.39, 0.29) is 11.7 Å². The summed E-state index contributed by atoms with van der Waals surface area (Å²) in [6.45, 7) is 4.06. The maximum absolute atomic E-state index is 12.9. The number of fused-ring (bicyclic) bond motifs is 1. The zero-order valence-electron chi connectivity index (χ0n) is 15.6. The van der Waals surface area contributed by atoms with E-state index in [2.05, 4.69) is 16.1 Å². The van der Waals surface area contributed by atoms with Gasteiger partial charge in [0.15, 0.2) is 0 Å². The molecular formula is C21H23FN4OS. The molecule has 0 bridgehead atoms. The summed E-state index contributed by atoms with van der Waals surface area (Å²) in [6, 6.07) is 12.4. The summed E-state index contributed by atoms with van der Waals surface area (Å²) in [5.41, 5.74) is 2.02. The molecule has 1 aromatic carbocycles. The van der Waals surface area contributed by atoms with Crippen LogP contribution in [-0.4, -0.2) is 57.0 Å². The van der Waals surface area contributed by atoms with Gasteiger partial charge in [-0.3, -0.25) is 9.69 Å². The van der Waals surface area contributed by atoms with Crippen LogP contribution in [0.5, 0.6) is 0 Å². The average molecular weight is 399 g/mol. The fraction of sp³-hybridized carbons (Fsp3) is 0.333. The Kier molecular flexibility index (Phi) is 5.92. The van der Waals surface area contributed by atoms with Crippen LogP contribution in [0.3, 0.4) is 0 Å². The minimum absolute atomic E-state index is 0.196. The van der Waals surface area contributed by atoms with E-state index in [1.165, 1.54) is 12.1 Å². The zero-order valence-corrected chi connectivity index (χ0v) is 16.4. The number of thioether (sulfide) groups is 1. The number of nitrogens with zero attached hydrogens (tertiary/aromatic N) is 4. The molecule has 1 fully saturated rings. The minimum atomic E-state index is -0.234. The Hall–Kier alpha value is -2.38. The van der Waals surface area contributed by atoms with Gasteiger partial charge < -0.3 is 9.30 Å². The van der Waals surface area contributed by atoms with Crippen molar-refractivity contribution in [1.82, 2.24) is 19.2 Å². The molecule has 7 heteroatoms. The number of hydrogen-bond donors (Lipinski definition) is 0. The van der Waals surface area contributed by atoms with E-state index < -0.39 is 0 Å². The quantitative estimate of drug-likeness (QED) is 0.598. The van der Waals surface area contributed by atoms with E-state index in [0.29, 0.717) is 12.2 Å². The SMILES string of the molecule is O=C(CCSc1ccc(F)cc1)N1CCN(Cc2cn3ccccc3n2)CC1. The van der Waals surface area contributed by atoms with Gasteiger partial charge in [-0.15, -0.1) is 11.8 Å². The molecule has 0 atom stereocenters. The Labute approximate surface area is 168 Å². The number of benzene rings is 1. The van der Waals surface area contributed by atoms with E-state index in [1.807, 2.05) is 33.7 Å². The first kappa shape index (κ1) is 19.0. The third-order valence-electron chi connectivity index (χ3n) is 4.92. The third-order valence-corrected chi connectivity index (χ3v) is 5.94. The van der Waals surface area contributed by atoms with Crippen LogP contribution in [0.1, 0.15) is 12.1 Å². The molecule has 4 rings (SSSR count). The highest BCUT2D eigenvalue weighted by molar-refractivity contribution is 7.99. The number of aromatic nitrogens is 2. The molecule has 1 amide bonds. The highest BCUT2D eigenvalue weighted by atomic mass is 32.2. The van der Waals surface area contributed by atoms with Crippen LogP contribution >= 0.6 is 11.8 Å². The minimum Gasteiger partial charge on any atom is -0.340 e. The summed E-state index contributed by atoms with van der Waals surface area (Å²) in [4.78, 5) is 22.4. The molecule has 0 radical (unpaired) electrons. The van der Waals surface area contributed by atoms with E-state index in [9.17, 15) is 9.18 Å². The number of hydrogen-bond acceptors (Lipinski definition) is 4. The maximum atomic E-state index is 12.9. The van der Waals surface area contributed by atoms with Crippen molar-refractivity contribution < 1.29 is 9.18 Å². The van der Waals surface area contributed by atoms with Gasteiger partial charge in [0.05, 0.1) is 5.69 Å². The number of rotatable bonds is 6. The standard InChI is InChI=1S/C21H23FN4OS/c22-17-4-6-19(7-5-17)28-14-8-21(27)25-12-10-24(11-13-25)15-18-16-26-9-2-1-3-20(26)23-18/h1-7,9,16H,8,10-15H2. The van der Waals surface area contributed by atoms with Crippen molar-refractivity contribution in [1.29, 1.82) is 0 Å². The molecule has 0 unspecified atom stereocenters. The fourth-order valence-electron chi connectivity index (χ4n) is 3.39. The molecule has 3 aromatic rings. The van der Waals surface area contributed by atoms with Gasteiger partial charge in [0.1, 0.15) is 11.5 Å². The second kappa shape index (κ2) is 8.75. The Bertz CT molecular complexity index is 902. The summed E-state index contributed by atoms with van der Waals surface area (Å²) in [7, 11) is 0. The fourth-order valence-corrected chi connectivity index (χ4v) is 4.23. The number of amides is 1. The Morgan fingerprint density at radius 1 is 1.07 bits per heavy atom. The number of halogens is 1. The third kappa shape index (κ3) is 4.72. The van der Waals surface area contributed by atoms with E-state index >= 15 is 0 Å². The molecule has 5 nitrogen and oxygen atoms in total. The second-order valence-corrected chi connectivity index (χ2v) is 8.08. The van der Waals surface area contributed by atoms with Crippen LogP contribution in [-0.2, 0) is 11.3 Å². The molecule has 0 aliphatic carbocycles. The molecule has 0 saturated carbocycles. The van der Waals surface area contributed by atoms with Crippen LogP contribution < -0.4 is 0 Å². The normalized spacial score (nSPS) is 15.2. The number of imidazole rings is 1. The van der Waals surface area contributed by atoms with Crippen LogP contribution in [0.25, 0.3) is 5.65 Å². The maximum Gasteiger partial charge on any atom is 0.223 e. The lowest BCUT2D eigenvalue weighted by atomic mass is 10.2. The van der Waals surface area contributed by atoms with Gasteiger partial charge >= 0.3 is 0 Å². The van der Waals surface area contributed by atoms with E-state index in [4.69, 9.17) is 0 Å². The molecule has 28 heavy (non-hydrogen) atoms. The highest BCUT2D eigenvalue weighted by Crippen LogP contribution is 2.19. The molecule has 0 spiro atoms. The first-order valence-electron chi connectivity index (χ1n) is 9.48. The molecule has 2 aromatic heterocycles. The smallest absolute Gasteiger partial charge is 0.223 e. The van der Waals surface area contributed by atoms with Gasteiger partial charge in [0.2, 0.25) is 5.91 Å². The van der Waals surface area contributed by atoms with Crippen molar-refractivity contribution in [2.75, 3.05) is 31.9 Å². The van der Waals surface area contributed by atoms with E-state index in [0.717, 1.165) is 49.0 Å². The molecule has 1 saturated heterocycles. The topological polar surface area (TPSA) is 40.9 Å². The number of pyridine rings is 1. The summed E-state index contributed by atoms with van der Waals surface area (Å²) in [6.07, 6.45) is 4.58. The summed E-state index contributed by atoms with van der Waals surface area (Å²) >= 11 is 1.59. The predicted molar refractivity (Wildman–Crippen MR) is 109 cm³/mol. The molecule has 0 N–H and O–H groups in total. The van der Waals surface area contributed by atoms with Crippen molar-refractivity contribution in [3.05, 3.63) is 66.4 Å². The summed E-state index contributed by atoms with van der Waals surface area (Å²) in [5.74, 6) is 0.676. The molecule has 1 aliphatic rings. The lowest BCUT2D eigenvalue weighted by molar-refractivity contribution is -0.132. The van der Waals surface area contributed by atoms with Crippen molar-refractivity contribution in [2.45, 2.75) is 17.9 Å². The number of carbonyl (C=O) groups is 1. The highest BCUT2D eigenvalue weighted by Gasteiger charge is 2.21. The number of piperazine rings is 1. The summed E-state index contributed by atoms with van der Waals surface area (Å²) < 4.78 is 15.0. The van der Waals surface area contributed by atoms with Gasteiger partial charge in [-0.25, -0.2) is 9.37 Å². The van der Waals surface area contributed by atoms with Crippen molar-refractivity contribution in [3.8, 4) is 0 Å². The van der Waals surface area contributed by atoms with Crippen molar-refractivity contribution in [2.24, 2.45) is 0 Å². The zero-order chi connectivity index (χ0) is 19.3. The Morgan fingerprint density at radius 2 is 1.86 bits per heavy atom. The first-order valence-corrected chi connectivity index (χ1v) is 10.5. The largest absolute Gasteiger partial charge is 0.340 e. The van der Waals surface area contributed by atoms with Gasteiger partial charge in [0.25, 0.3) is 0 Å². The molecule has 146 valence electrons. The molecule has 1 aliphatic heterocycles. The van der Waals surface area contributed by atoms with Gasteiger partial charge in [-0.2, -0.15) is 0 Å². The van der Waals surface area contributed by atoms with Gasteiger partial charge in [0, 0.05) is 62.2 Å². The van der Waals surface area contributed by atoms with Gasteiger partial charge in [-0.05, 0) is 36.4 Å².